The summed E-state index contributed by atoms with van der Waals surface area (Å²) in [6.45, 7) is 7.97. The molecule has 2 rings (SSSR count). The molecule has 0 saturated heterocycles. The standard InChI is InChI=1S/C8H10.C5H7NO/c1-7-3-5-8(2)6-4-7;1-4-3-5(2)7-6-4/h3-6H,1-2H3;3H,1-2H3. The lowest BCUT2D eigenvalue weighted by molar-refractivity contribution is 0.393. The quantitative estimate of drug-likeness (QED) is 0.654. The van der Waals surface area contributed by atoms with E-state index in [0.29, 0.717) is 0 Å². The highest BCUT2D eigenvalue weighted by molar-refractivity contribution is 5.19. The molecule has 1 aromatic carbocycles. The molecule has 0 aliphatic rings. The van der Waals surface area contributed by atoms with E-state index in [-0.39, 0.29) is 0 Å². The second-order valence-corrected chi connectivity index (χ2v) is 3.73. The molecule has 0 atom stereocenters. The summed E-state index contributed by atoms with van der Waals surface area (Å²) in [6, 6.07) is 10.4. The van der Waals surface area contributed by atoms with Crippen molar-refractivity contribution >= 4 is 0 Å². The van der Waals surface area contributed by atoms with Gasteiger partial charge < -0.3 is 4.52 Å². The molecule has 0 bridgehead atoms. The van der Waals surface area contributed by atoms with Crippen LogP contribution in [0.2, 0.25) is 0 Å². The van der Waals surface area contributed by atoms with Crippen LogP contribution < -0.4 is 0 Å². The molecule has 0 spiro atoms. The van der Waals surface area contributed by atoms with Gasteiger partial charge in [0, 0.05) is 6.07 Å². The Kier molecular flexibility index (Phi) is 4.10. The lowest BCUT2D eigenvalue weighted by Gasteiger charge is -1.90. The summed E-state index contributed by atoms with van der Waals surface area (Å²) < 4.78 is 4.71. The molecule has 0 unspecified atom stereocenters. The summed E-state index contributed by atoms with van der Waals surface area (Å²) in [5.41, 5.74) is 3.60. The summed E-state index contributed by atoms with van der Waals surface area (Å²) in [5, 5.41) is 3.64. The maximum Gasteiger partial charge on any atom is 0.133 e. The summed E-state index contributed by atoms with van der Waals surface area (Å²) in [4.78, 5) is 0. The molecule has 1 heterocycles. The van der Waals surface area contributed by atoms with Crippen molar-refractivity contribution < 1.29 is 4.52 Å². The maximum absolute atomic E-state index is 4.71. The highest BCUT2D eigenvalue weighted by Crippen LogP contribution is 1.99. The van der Waals surface area contributed by atoms with Crippen molar-refractivity contribution in [2.24, 2.45) is 0 Å². The zero-order chi connectivity index (χ0) is 11.3. The Morgan fingerprint density at radius 3 is 1.53 bits per heavy atom. The van der Waals surface area contributed by atoms with Gasteiger partial charge in [0.1, 0.15) is 5.76 Å². The fourth-order valence-corrected chi connectivity index (χ4v) is 1.13. The first kappa shape index (κ1) is 11.5. The smallest absolute Gasteiger partial charge is 0.133 e. The Balaban J connectivity index is 0.000000151. The van der Waals surface area contributed by atoms with Gasteiger partial charge in [-0.25, -0.2) is 0 Å². The Morgan fingerprint density at radius 2 is 1.33 bits per heavy atom. The average molecular weight is 203 g/mol. The Hall–Kier alpha value is -1.57. The van der Waals surface area contributed by atoms with Crippen molar-refractivity contribution in [2.45, 2.75) is 27.7 Å². The molecule has 0 aliphatic carbocycles. The summed E-state index contributed by atoms with van der Waals surface area (Å²) >= 11 is 0. The van der Waals surface area contributed by atoms with Crippen LogP contribution in [0.5, 0.6) is 0 Å². The monoisotopic (exact) mass is 203 g/mol. The minimum atomic E-state index is 0.873. The zero-order valence-corrected chi connectivity index (χ0v) is 9.74. The summed E-state index contributed by atoms with van der Waals surface area (Å²) in [6.07, 6.45) is 0. The van der Waals surface area contributed by atoms with Gasteiger partial charge in [-0.3, -0.25) is 0 Å². The Bertz CT molecular complexity index is 363. The average Bonchev–Trinajstić information content (AvgIpc) is 2.56. The topological polar surface area (TPSA) is 26.0 Å². The van der Waals surface area contributed by atoms with Crippen molar-refractivity contribution in [3.8, 4) is 0 Å². The van der Waals surface area contributed by atoms with Crippen LogP contribution in [0, 0.1) is 27.7 Å². The van der Waals surface area contributed by atoms with E-state index in [1.165, 1.54) is 11.1 Å². The molecule has 0 saturated carbocycles. The molecule has 2 aromatic rings. The van der Waals surface area contributed by atoms with E-state index in [4.69, 9.17) is 4.52 Å². The van der Waals surface area contributed by atoms with Crippen molar-refractivity contribution in [2.75, 3.05) is 0 Å². The van der Waals surface area contributed by atoms with Crippen LogP contribution >= 0.6 is 0 Å². The summed E-state index contributed by atoms with van der Waals surface area (Å²) in [7, 11) is 0. The minimum absolute atomic E-state index is 0.873. The molecule has 15 heavy (non-hydrogen) atoms. The number of aromatic nitrogens is 1. The molecule has 0 N–H and O–H groups in total. The van der Waals surface area contributed by atoms with E-state index in [2.05, 4.69) is 43.3 Å². The van der Waals surface area contributed by atoms with Crippen molar-refractivity contribution in [3.63, 3.8) is 0 Å². The zero-order valence-electron chi connectivity index (χ0n) is 9.74. The number of nitrogens with zero attached hydrogens (tertiary/aromatic N) is 1. The first-order valence-electron chi connectivity index (χ1n) is 5.01. The van der Waals surface area contributed by atoms with Crippen LogP contribution in [-0.4, -0.2) is 5.16 Å². The SMILES string of the molecule is Cc1cc(C)on1.Cc1ccc(C)cc1. The second-order valence-electron chi connectivity index (χ2n) is 3.73. The van der Waals surface area contributed by atoms with Gasteiger partial charge in [0.2, 0.25) is 0 Å². The number of aryl methyl sites for hydroxylation is 4. The third-order valence-corrected chi connectivity index (χ3v) is 1.96. The van der Waals surface area contributed by atoms with Gasteiger partial charge in [-0.1, -0.05) is 40.5 Å². The van der Waals surface area contributed by atoms with Crippen molar-refractivity contribution in [3.05, 3.63) is 52.9 Å². The largest absolute Gasteiger partial charge is 0.361 e. The first-order valence-corrected chi connectivity index (χ1v) is 5.01. The van der Waals surface area contributed by atoms with E-state index < -0.39 is 0 Å². The van der Waals surface area contributed by atoms with Gasteiger partial charge in [-0.15, -0.1) is 0 Å². The van der Waals surface area contributed by atoms with E-state index >= 15 is 0 Å². The van der Waals surface area contributed by atoms with Crippen molar-refractivity contribution in [1.29, 1.82) is 0 Å². The molecule has 2 heteroatoms. The molecular formula is C13H17NO. The van der Waals surface area contributed by atoms with Crippen LogP contribution in [0.4, 0.5) is 0 Å². The molecule has 0 fully saturated rings. The van der Waals surface area contributed by atoms with Crippen LogP contribution in [-0.2, 0) is 0 Å². The third-order valence-electron chi connectivity index (χ3n) is 1.96. The van der Waals surface area contributed by atoms with Crippen LogP contribution in [0.25, 0.3) is 0 Å². The van der Waals surface area contributed by atoms with Crippen LogP contribution in [0.3, 0.4) is 0 Å². The van der Waals surface area contributed by atoms with Crippen LogP contribution in [0.15, 0.2) is 34.9 Å². The van der Waals surface area contributed by atoms with Gasteiger partial charge in [0.15, 0.2) is 0 Å². The van der Waals surface area contributed by atoms with E-state index in [0.717, 1.165) is 11.5 Å². The number of benzene rings is 1. The van der Waals surface area contributed by atoms with E-state index in [9.17, 15) is 0 Å². The first-order chi connectivity index (χ1) is 7.08. The second kappa shape index (κ2) is 5.35. The molecule has 0 amide bonds. The predicted molar refractivity (Wildman–Crippen MR) is 61.9 cm³/mol. The summed E-state index contributed by atoms with van der Waals surface area (Å²) in [5.74, 6) is 0.873. The fraction of sp³-hybridized carbons (Fsp3) is 0.308. The maximum atomic E-state index is 4.71. The lowest BCUT2D eigenvalue weighted by atomic mass is 10.2. The number of rotatable bonds is 0. The van der Waals surface area contributed by atoms with E-state index in [1.807, 2.05) is 19.9 Å². The van der Waals surface area contributed by atoms with Crippen molar-refractivity contribution in [1.82, 2.24) is 5.16 Å². The molecule has 0 aliphatic heterocycles. The van der Waals surface area contributed by atoms with Crippen LogP contribution in [0.1, 0.15) is 22.6 Å². The normalized spacial score (nSPS) is 9.33. The molecule has 0 radical (unpaired) electrons. The minimum Gasteiger partial charge on any atom is -0.361 e. The van der Waals surface area contributed by atoms with Gasteiger partial charge in [0.25, 0.3) is 0 Å². The molecular weight excluding hydrogens is 186 g/mol. The highest BCUT2D eigenvalue weighted by Gasteiger charge is 1.88. The lowest BCUT2D eigenvalue weighted by Crippen LogP contribution is -1.70. The van der Waals surface area contributed by atoms with Gasteiger partial charge >= 0.3 is 0 Å². The van der Waals surface area contributed by atoms with E-state index in [1.54, 1.807) is 0 Å². The number of hydrogen-bond donors (Lipinski definition) is 0. The highest BCUT2D eigenvalue weighted by atomic mass is 16.5. The third kappa shape index (κ3) is 4.45. The predicted octanol–water partition coefficient (Wildman–Crippen LogP) is 3.59. The van der Waals surface area contributed by atoms with Gasteiger partial charge in [0.05, 0.1) is 5.69 Å². The fourth-order valence-electron chi connectivity index (χ4n) is 1.13. The van der Waals surface area contributed by atoms with Gasteiger partial charge in [-0.05, 0) is 27.7 Å². The Morgan fingerprint density at radius 1 is 0.867 bits per heavy atom. The Labute approximate surface area is 90.9 Å². The van der Waals surface area contributed by atoms with Gasteiger partial charge in [-0.2, -0.15) is 0 Å². The number of hydrogen-bond acceptors (Lipinski definition) is 2. The molecule has 2 nitrogen and oxygen atoms in total. The molecule has 80 valence electrons. The molecule has 1 aromatic heterocycles.